The molecular weight excluding hydrogens is 158 g/mol. The van der Waals surface area contributed by atoms with Gasteiger partial charge in [-0.15, -0.1) is 0 Å². The Morgan fingerprint density at radius 3 is 2.77 bits per heavy atom. The molecule has 0 unspecified atom stereocenters. The summed E-state index contributed by atoms with van der Waals surface area (Å²) in [5.74, 6) is 0. The van der Waals surface area contributed by atoms with E-state index < -0.39 is 0 Å². The van der Waals surface area contributed by atoms with E-state index in [9.17, 15) is 0 Å². The molecule has 1 heteroatoms. The number of fused-ring (bicyclic) bond motifs is 3. The van der Waals surface area contributed by atoms with Crippen LogP contribution in [-0.2, 0) is 0 Å². The lowest BCUT2D eigenvalue weighted by Crippen LogP contribution is -1.94. The molecule has 0 saturated carbocycles. The van der Waals surface area contributed by atoms with Crippen molar-refractivity contribution in [3.05, 3.63) is 36.4 Å². The molecule has 0 radical (unpaired) electrons. The van der Waals surface area contributed by atoms with Crippen molar-refractivity contribution in [2.75, 3.05) is 11.4 Å². The number of anilines is 2. The summed E-state index contributed by atoms with van der Waals surface area (Å²) >= 11 is 0. The average Bonchev–Trinajstić information content (AvgIpc) is 2.91. The first-order valence-corrected chi connectivity index (χ1v) is 4.71. The minimum absolute atomic E-state index is 1.09. The van der Waals surface area contributed by atoms with Crippen LogP contribution in [0.5, 0.6) is 0 Å². The molecule has 13 heavy (non-hydrogen) atoms. The monoisotopic (exact) mass is 169 g/mol. The largest absolute Gasteiger partial charge is 0.338 e. The molecule has 0 amide bonds. The van der Waals surface area contributed by atoms with Gasteiger partial charge in [-0.2, -0.15) is 0 Å². The molecule has 3 rings (SSSR count). The Morgan fingerprint density at radius 2 is 1.92 bits per heavy atom. The second-order valence-electron chi connectivity index (χ2n) is 3.40. The first kappa shape index (κ1) is 6.96. The summed E-state index contributed by atoms with van der Waals surface area (Å²) < 4.78 is 0. The van der Waals surface area contributed by atoms with Crippen LogP contribution >= 0.6 is 0 Å². The molecule has 0 aromatic heterocycles. The van der Waals surface area contributed by atoms with Crippen LogP contribution in [0.1, 0.15) is 6.92 Å². The van der Waals surface area contributed by atoms with E-state index in [0.717, 1.165) is 6.54 Å². The van der Waals surface area contributed by atoms with Crippen LogP contribution in [0.15, 0.2) is 36.4 Å². The van der Waals surface area contributed by atoms with E-state index in [2.05, 4.69) is 48.2 Å². The number of hydrogen-bond donors (Lipinski definition) is 0. The van der Waals surface area contributed by atoms with Crippen molar-refractivity contribution in [1.82, 2.24) is 0 Å². The molecule has 0 aliphatic carbocycles. The second kappa shape index (κ2) is 2.25. The maximum atomic E-state index is 2.35. The van der Waals surface area contributed by atoms with Crippen molar-refractivity contribution in [1.29, 1.82) is 0 Å². The lowest BCUT2D eigenvalue weighted by molar-refractivity contribution is 1.13. The van der Waals surface area contributed by atoms with Gasteiger partial charge in [0.2, 0.25) is 0 Å². The van der Waals surface area contributed by atoms with Gasteiger partial charge in [0.1, 0.15) is 0 Å². The van der Waals surface area contributed by atoms with Gasteiger partial charge in [0.25, 0.3) is 0 Å². The van der Waals surface area contributed by atoms with E-state index in [1.807, 2.05) is 0 Å². The molecule has 0 spiro atoms. The topological polar surface area (TPSA) is 3.01 Å². The molecule has 1 aliphatic heterocycles. The minimum Gasteiger partial charge on any atom is -0.338 e. The van der Waals surface area contributed by atoms with Gasteiger partial charge in [-0.05, 0) is 18.4 Å². The molecule has 1 aliphatic rings. The SMILES string of the molecule is CCN1c2ccc3ccccc3c21. The molecule has 64 valence electrons. The Hall–Kier alpha value is -1.50. The summed E-state index contributed by atoms with van der Waals surface area (Å²) in [6.07, 6.45) is 0. The summed E-state index contributed by atoms with van der Waals surface area (Å²) in [6, 6.07) is 13.0. The lowest BCUT2D eigenvalue weighted by Gasteiger charge is -1.94. The van der Waals surface area contributed by atoms with Crippen LogP contribution in [0, 0.1) is 0 Å². The summed E-state index contributed by atoms with van der Waals surface area (Å²) in [7, 11) is 0. The predicted molar refractivity (Wildman–Crippen MR) is 56.6 cm³/mol. The van der Waals surface area contributed by atoms with E-state index in [-0.39, 0.29) is 0 Å². The number of hydrogen-bond acceptors (Lipinski definition) is 1. The maximum absolute atomic E-state index is 2.35. The first-order chi connectivity index (χ1) is 6.42. The van der Waals surface area contributed by atoms with E-state index in [1.54, 1.807) is 0 Å². The third-order valence-corrected chi connectivity index (χ3v) is 2.71. The summed E-state index contributed by atoms with van der Waals surface area (Å²) in [6.45, 7) is 3.28. The van der Waals surface area contributed by atoms with Crippen LogP contribution in [0.4, 0.5) is 11.4 Å². The van der Waals surface area contributed by atoms with Crippen LogP contribution < -0.4 is 4.90 Å². The third kappa shape index (κ3) is 0.816. The number of nitrogens with zero attached hydrogens (tertiary/aromatic N) is 1. The Morgan fingerprint density at radius 1 is 1.08 bits per heavy atom. The molecule has 2 aromatic carbocycles. The molecule has 0 atom stereocenters. The molecule has 0 saturated heterocycles. The highest BCUT2D eigenvalue weighted by molar-refractivity contribution is 6.12. The van der Waals surface area contributed by atoms with Crippen LogP contribution in [0.25, 0.3) is 10.8 Å². The van der Waals surface area contributed by atoms with Crippen molar-refractivity contribution in [2.24, 2.45) is 0 Å². The van der Waals surface area contributed by atoms with E-state index in [4.69, 9.17) is 0 Å². The van der Waals surface area contributed by atoms with E-state index in [1.165, 1.54) is 22.1 Å². The molecule has 2 aromatic rings. The van der Waals surface area contributed by atoms with Crippen molar-refractivity contribution >= 4 is 22.1 Å². The molecule has 0 bridgehead atoms. The first-order valence-electron chi connectivity index (χ1n) is 4.71. The highest BCUT2D eigenvalue weighted by Gasteiger charge is 2.28. The van der Waals surface area contributed by atoms with Gasteiger partial charge < -0.3 is 4.90 Å². The quantitative estimate of drug-likeness (QED) is 0.592. The normalized spacial score (nSPS) is 13.2. The second-order valence-corrected chi connectivity index (χ2v) is 3.40. The van der Waals surface area contributed by atoms with Gasteiger partial charge in [-0.25, -0.2) is 0 Å². The summed E-state index contributed by atoms with van der Waals surface area (Å²) in [5, 5.41) is 2.74. The zero-order valence-electron chi connectivity index (χ0n) is 7.62. The Kier molecular flexibility index (Phi) is 1.21. The molecule has 0 N–H and O–H groups in total. The average molecular weight is 169 g/mol. The van der Waals surface area contributed by atoms with Gasteiger partial charge >= 0.3 is 0 Å². The standard InChI is InChI=1S/C12H11N/c1-2-13-11-8-7-9-5-3-4-6-10(9)12(11)13/h3-8H,2H2,1H3. The van der Waals surface area contributed by atoms with Gasteiger partial charge in [-0.1, -0.05) is 30.3 Å². The maximum Gasteiger partial charge on any atom is 0.0732 e. The zero-order chi connectivity index (χ0) is 8.84. The van der Waals surface area contributed by atoms with E-state index >= 15 is 0 Å². The zero-order valence-corrected chi connectivity index (χ0v) is 7.62. The number of benzene rings is 2. The van der Waals surface area contributed by atoms with Crippen molar-refractivity contribution < 1.29 is 0 Å². The molecular formula is C12H11N. The summed E-state index contributed by atoms with van der Waals surface area (Å²) in [4.78, 5) is 2.35. The smallest absolute Gasteiger partial charge is 0.0732 e. The van der Waals surface area contributed by atoms with Gasteiger partial charge in [0.05, 0.1) is 11.4 Å². The fraction of sp³-hybridized carbons (Fsp3) is 0.167. The highest BCUT2D eigenvalue weighted by atomic mass is 15.3. The van der Waals surface area contributed by atoms with Crippen LogP contribution in [0.2, 0.25) is 0 Å². The number of rotatable bonds is 1. The van der Waals surface area contributed by atoms with Gasteiger partial charge in [0.15, 0.2) is 0 Å². The fourth-order valence-electron chi connectivity index (χ4n) is 2.02. The van der Waals surface area contributed by atoms with Crippen molar-refractivity contribution in [3.63, 3.8) is 0 Å². The van der Waals surface area contributed by atoms with Gasteiger partial charge in [0, 0.05) is 11.9 Å². The van der Waals surface area contributed by atoms with Crippen molar-refractivity contribution in [2.45, 2.75) is 6.92 Å². The van der Waals surface area contributed by atoms with E-state index in [0.29, 0.717) is 0 Å². The molecule has 1 nitrogen and oxygen atoms in total. The molecule has 0 fully saturated rings. The Bertz CT molecular complexity index is 474. The van der Waals surface area contributed by atoms with Crippen LogP contribution in [-0.4, -0.2) is 6.54 Å². The minimum atomic E-state index is 1.09. The Balaban J connectivity index is 2.32. The van der Waals surface area contributed by atoms with Gasteiger partial charge in [-0.3, -0.25) is 0 Å². The van der Waals surface area contributed by atoms with Crippen molar-refractivity contribution in [3.8, 4) is 0 Å². The third-order valence-electron chi connectivity index (χ3n) is 2.71. The molecule has 1 heterocycles. The highest BCUT2D eigenvalue weighted by Crippen LogP contribution is 2.51. The van der Waals surface area contributed by atoms with Crippen LogP contribution in [0.3, 0.4) is 0 Å². The fourth-order valence-corrected chi connectivity index (χ4v) is 2.02. The lowest BCUT2D eigenvalue weighted by atomic mass is 10.1. The predicted octanol–water partition coefficient (Wildman–Crippen LogP) is 3.31. The Labute approximate surface area is 77.6 Å². The summed E-state index contributed by atoms with van der Waals surface area (Å²) in [5.41, 5.74) is 2.84.